The molecular formula is C14H25NO4. The number of aliphatic carboxylic acids is 1. The Morgan fingerprint density at radius 1 is 1.26 bits per heavy atom. The van der Waals surface area contributed by atoms with Crippen molar-refractivity contribution in [2.24, 2.45) is 17.8 Å². The summed E-state index contributed by atoms with van der Waals surface area (Å²) >= 11 is 0. The van der Waals surface area contributed by atoms with Crippen molar-refractivity contribution in [2.75, 3.05) is 0 Å². The lowest BCUT2D eigenvalue weighted by Gasteiger charge is -2.22. The third-order valence-electron chi connectivity index (χ3n) is 3.51. The van der Waals surface area contributed by atoms with Gasteiger partial charge in [-0.05, 0) is 45.4 Å². The summed E-state index contributed by atoms with van der Waals surface area (Å²) in [6, 6.07) is -0.108. The SMILES string of the molecule is CC(C)[C@@H]1C[C@@H](NC(=O)OC(C)(C)C)CC1C(=O)O. The van der Waals surface area contributed by atoms with Crippen LogP contribution in [0.5, 0.6) is 0 Å². The van der Waals surface area contributed by atoms with Crippen molar-refractivity contribution in [2.45, 2.75) is 59.1 Å². The second kappa shape index (κ2) is 5.80. The molecule has 1 saturated carbocycles. The first-order valence-electron chi connectivity index (χ1n) is 6.82. The number of carbonyl (C=O) groups is 2. The van der Waals surface area contributed by atoms with Crippen molar-refractivity contribution >= 4 is 12.1 Å². The molecule has 0 saturated heterocycles. The van der Waals surface area contributed by atoms with Crippen LogP contribution in [-0.2, 0) is 9.53 Å². The summed E-state index contributed by atoms with van der Waals surface area (Å²) in [4.78, 5) is 22.9. The van der Waals surface area contributed by atoms with E-state index in [1.54, 1.807) is 20.8 Å². The topological polar surface area (TPSA) is 75.6 Å². The molecule has 1 rings (SSSR count). The van der Waals surface area contributed by atoms with Crippen molar-refractivity contribution in [3.8, 4) is 0 Å². The van der Waals surface area contributed by atoms with Crippen molar-refractivity contribution in [1.29, 1.82) is 0 Å². The minimum atomic E-state index is -0.771. The maximum Gasteiger partial charge on any atom is 0.407 e. The Morgan fingerprint density at radius 2 is 1.84 bits per heavy atom. The molecule has 1 aliphatic rings. The lowest BCUT2D eigenvalue weighted by molar-refractivity contribution is -0.143. The molecule has 0 aliphatic heterocycles. The first kappa shape index (κ1) is 15.8. The molecule has 0 heterocycles. The van der Waals surface area contributed by atoms with Gasteiger partial charge in [0.25, 0.3) is 0 Å². The summed E-state index contributed by atoms with van der Waals surface area (Å²) in [5.41, 5.74) is -0.535. The van der Waals surface area contributed by atoms with Gasteiger partial charge in [-0.1, -0.05) is 13.8 Å². The molecule has 3 atom stereocenters. The number of hydrogen-bond acceptors (Lipinski definition) is 3. The maximum atomic E-state index is 11.7. The molecule has 0 bridgehead atoms. The predicted octanol–water partition coefficient (Wildman–Crippen LogP) is 2.65. The van der Waals surface area contributed by atoms with Crippen LogP contribution in [-0.4, -0.2) is 28.8 Å². The second-order valence-electron chi connectivity index (χ2n) is 6.67. The van der Waals surface area contributed by atoms with E-state index in [9.17, 15) is 14.7 Å². The van der Waals surface area contributed by atoms with E-state index in [1.807, 2.05) is 13.8 Å². The van der Waals surface area contributed by atoms with Crippen molar-refractivity contribution in [3.63, 3.8) is 0 Å². The molecule has 2 N–H and O–H groups in total. The predicted molar refractivity (Wildman–Crippen MR) is 71.8 cm³/mol. The molecule has 19 heavy (non-hydrogen) atoms. The average molecular weight is 271 g/mol. The second-order valence-corrected chi connectivity index (χ2v) is 6.67. The van der Waals surface area contributed by atoms with Gasteiger partial charge in [-0.2, -0.15) is 0 Å². The van der Waals surface area contributed by atoms with E-state index in [1.165, 1.54) is 0 Å². The van der Waals surface area contributed by atoms with Gasteiger partial charge in [-0.25, -0.2) is 4.79 Å². The van der Waals surface area contributed by atoms with Gasteiger partial charge in [-0.15, -0.1) is 0 Å². The molecule has 1 amide bonds. The van der Waals surface area contributed by atoms with E-state index < -0.39 is 17.7 Å². The molecule has 0 aromatic heterocycles. The van der Waals surface area contributed by atoms with Gasteiger partial charge < -0.3 is 15.2 Å². The number of alkyl carbamates (subject to hydrolysis) is 1. The number of carboxylic acids is 1. The van der Waals surface area contributed by atoms with E-state index in [-0.39, 0.29) is 17.9 Å². The van der Waals surface area contributed by atoms with E-state index in [4.69, 9.17) is 4.74 Å². The van der Waals surface area contributed by atoms with Crippen molar-refractivity contribution in [3.05, 3.63) is 0 Å². The fraction of sp³-hybridized carbons (Fsp3) is 0.857. The molecule has 0 aromatic rings. The van der Waals surface area contributed by atoms with E-state index in [2.05, 4.69) is 5.32 Å². The van der Waals surface area contributed by atoms with E-state index in [0.29, 0.717) is 18.8 Å². The molecule has 110 valence electrons. The monoisotopic (exact) mass is 271 g/mol. The highest BCUT2D eigenvalue weighted by Crippen LogP contribution is 2.37. The number of rotatable bonds is 3. The minimum absolute atomic E-state index is 0.108. The summed E-state index contributed by atoms with van der Waals surface area (Å²) in [5, 5.41) is 12.0. The Balaban J connectivity index is 2.58. The summed E-state index contributed by atoms with van der Waals surface area (Å²) < 4.78 is 5.19. The fourth-order valence-electron chi connectivity index (χ4n) is 2.68. The largest absolute Gasteiger partial charge is 0.481 e. The van der Waals surface area contributed by atoms with Crippen molar-refractivity contribution in [1.82, 2.24) is 5.32 Å². The normalized spacial score (nSPS) is 27.4. The number of nitrogens with one attached hydrogen (secondary N) is 1. The van der Waals surface area contributed by atoms with Crippen LogP contribution >= 0.6 is 0 Å². The molecule has 0 spiro atoms. The minimum Gasteiger partial charge on any atom is -0.481 e. The lowest BCUT2D eigenvalue weighted by atomic mass is 9.86. The van der Waals surface area contributed by atoms with Crippen LogP contribution in [0.15, 0.2) is 0 Å². The van der Waals surface area contributed by atoms with Crippen LogP contribution < -0.4 is 5.32 Å². The molecule has 5 heteroatoms. The molecule has 5 nitrogen and oxygen atoms in total. The smallest absolute Gasteiger partial charge is 0.407 e. The van der Waals surface area contributed by atoms with Crippen LogP contribution in [0.2, 0.25) is 0 Å². The van der Waals surface area contributed by atoms with E-state index >= 15 is 0 Å². The Hall–Kier alpha value is -1.26. The summed E-state index contributed by atoms with van der Waals surface area (Å²) in [6.45, 7) is 9.46. The van der Waals surface area contributed by atoms with E-state index in [0.717, 1.165) is 0 Å². The molecule has 0 radical (unpaired) electrons. The van der Waals surface area contributed by atoms with Crippen LogP contribution in [0, 0.1) is 17.8 Å². The van der Waals surface area contributed by atoms with Gasteiger partial charge in [0.05, 0.1) is 5.92 Å². The molecule has 1 fully saturated rings. The highest BCUT2D eigenvalue weighted by atomic mass is 16.6. The summed E-state index contributed by atoms with van der Waals surface area (Å²) in [6.07, 6.45) is 0.719. The zero-order valence-electron chi connectivity index (χ0n) is 12.4. The highest BCUT2D eigenvalue weighted by Gasteiger charge is 2.41. The number of hydrogen-bond donors (Lipinski definition) is 2. The molecular weight excluding hydrogens is 246 g/mol. The Bertz CT molecular complexity index is 346. The summed E-state index contributed by atoms with van der Waals surface area (Å²) in [7, 11) is 0. The fourth-order valence-corrected chi connectivity index (χ4v) is 2.68. The Morgan fingerprint density at radius 3 is 2.21 bits per heavy atom. The summed E-state index contributed by atoms with van der Waals surface area (Å²) in [5.74, 6) is -0.740. The quantitative estimate of drug-likeness (QED) is 0.827. The lowest BCUT2D eigenvalue weighted by Crippen LogP contribution is -2.38. The van der Waals surface area contributed by atoms with Crippen LogP contribution in [0.25, 0.3) is 0 Å². The van der Waals surface area contributed by atoms with Gasteiger partial charge in [0.2, 0.25) is 0 Å². The van der Waals surface area contributed by atoms with Crippen LogP contribution in [0.3, 0.4) is 0 Å². The first-order chi connectivity index (χ1) is 8.60. The maximum absolute atomic E-state index is 11.7. The third-order valence-corrected chi connectivity index (χ3v) is 3.51. The highest BCUT2D eigenvalue weighted by molar-refractivity contribution is 5.72. The van der Waals surface area contributed by atoms with Gasteiger partial charge in [-0.3, -0.25) is 4.79 Å². The van der Waals surface area contributed by atoms with Crippen LogP contribution in [0.1, 0.15) is 47.5 Å². The Kier molecular flexibility index (Phi) is 4.82. The molecule has 1 aliphatic carbocycles. The standard InChI is InChI=1S/C14H25NO4/c1-8(2)10-6-9(7-11(10)12(16)17)15-13(18)19-14(3,4)5/h8-11H,6-7H2,1-5H3,(H,15,18)(H,16,17)/t9-,10+,11?/m1/s1. The number of carbonyl (C=O) groups excluding carboxylic acids is 1. The third kappa shape index (κ3) is 4.73. The first-order valence-corrected chi connectivity index (χ1v) is 6.82. The number of amides is 1. The van der Waals surface area contributed by atoms with Gasteiger partial charge in [0.15, 0.2) is 0 Å². The van der Waals surface area contributed by atoms with Crippen molar-refractivity contribution < 1.29 is 19.4 Å². The Labute approximate surface area is 114 Å². The van der Waals surface area contributed by atoms with Crippen LogP contribution in [0.4, 0.5) is 4.79 Å². The van der Waals surface area contributed by atoms with Gasteiger partial charge in [0, 0.05) is 6.04 Å². The van der Waals surface area contributed by atoms with Gasteiger partial charge >= 0.3 is 12.1 Å². The zero-order chi connectivity index (χ0) is 14.8. The zero-order valence-corrected chi connectivity index (χ0v) is 12.4. The molecule has 1 unspecified atom stereocenters. The average Bonchev–Trinajstić information content (AvgIpc) is 2.58. The molecule has 0 aromatic carbocycles. The van der Waals surface area contributed by atoms with Gasteiger partial charge in [0.1, 0.15) is 5.60 Å². The number of carboxylic acid groups (broad SMARTS) is 1. The number of ether oxygens (including phenoxy) is 1.